The largest absolute Gasteiger partial charge is 0.488 e. The van der Waals surface area contributed by atoms with Gasteiger partial charge in [-0.15, -0.1) is 0 Å². The molecular weight excluding hydrogens is 226 g/mol. The fraction of sp³-hybridized carbons (Fsp3) is 0.600. The summed E-state index contributed by atoms with van der Waals surface area (Å²) in [6.07, 6.45) is 3.80. The highest BCUT2D eigenvalue weighted by Gasteiger charge is 2.19. The average Bonchev–Trinajstić information content (AvgIpc) is 2.93. The molecule has 2 heterocycles. The van der Waals surface area contributed by atoms with Gasteiger partial charge < -0.3 is 14.8 Å². The molecule has 3 rings (SSSR count). The molecular formula is C15H21NO2. The Hall–Kier alpha value is -1.06. The first-order valence-corrected chi connectivity index (χ1v) is 6.97. The Balaban J connectivity index is 1.67. The van der Waals surface area contributed by atoms with Crippen LogP contribution >= 0.6 is 0 Å². The standard InChI is InChI=1S/C15H21NO2/c1-3-12(13-4-2-7-16-10-13)9-14(5-1)18-15-6-8-17-11-15/h1,3,5,9,13,15-16H,2,4,6-8,10-11H2. The van der Waals surface area contributed by atoms with Crippen molar-refractivity contribution in [2.75, 3.05) is 26.3 Å². The first kappa shape index (κ1) is 12.0. The third-order valence-corrected chi connectivity index (χ3v) is 3.82. The van der Waals surface area contributed by atoms with Gasteiger partial charge in [-0.2, -0.15) is 0 Å². The normalized spacial score (nSPS) is 28.2. The highest BCUT2D eigenvalue weighted by molar-refractivity contribution is 5.31. The van der Waals surface area contributed by atoms with Crippen LogP contribution in [0.3, 0.4) is 0 Å². The zero-order chi connectivity index (χ0) is 12.2. The third-order valence-electron chi connectivity index (χ3n) is 3.82. The Kier molecular flexibility index (Phi) is 3.81. The van der Waals surface area contributed by atoms with E-state index in [0.29, 0.717) is 5.92 Å². The summed E-state index contributed by atoms with van der Waals surface area (Å²) in [5.41, 5.74) is 1.40. The van der Waals surface area contributed by atoms with Gasteiger partial charge in [-0.25, -0.2) is 0 Å². The van der Waals surface area contributed by atoms with Gasteiger partial charge in [0.25, 0.3) is 0 Å². The molecule has 1 aromatic carbocycles. The van der Waals surface area contributed by atoms with Crippen LogP contribution in [0.5, 0.6) is 5.75 Å². The van der Waals surface area contributed by atoms with Crippen LogP contribution in [0.15, 0.2) is 24.3 Å². The Morgan fingerprint density at radius 3 is 3.06 bits per heavy atom. The predicted molar refractivity (Wildman–Crippen MR) is 71.1 cm³/mol. The highest BCUT2D eigenvalue weighted by atomic mass is 16.5. The second kappa shape index (κ2) is 5.72. The van der Waals surface area contributed by atoms with Crippen LogP contribution in [-0.4, -0.2) is 32.4 Å². The summed E-state index contributed by atoms with van der Waals surface area (Å²) in [5.74, 6) is 1.63. The molecule has 3 heteroatoms. The number of benzene rings is 1. The fourth-order valence-corrected chi connectivity index (χ4v) is 2.78. The topological polar surface area (TPSA) is 30.5 Å². The van der Waals surface area contributed by atoms with Crippen LogP contribution in [0.4, 0.5) is 0 Å². The van der Waals surface area contributed by atoms with E-state index in [-0.39, 0.29) is 6.10 Å². The van der Waals surface area contributed by atoms with Gasteiger partial charge in [-0.3, -0.25) is 0 Å². The van der Waals surface area contributed by atoms with Crippen molar-refractivity contribution in [3.8, 4) is 5.75 Å². The van der Waals surface area contributed by atoms with Crippen molar-refractivity contribution in [3.63, 3.8) is 0 Å². The maximum Gasteiger partial charge on any atom is 0.124 e. The zero-order valence-electron chi connectivity index (χ0n) is 10.7. The number of rotatable bonds is 3. The van der Waals surface area contributed by atoms with Gasteiger partial charge in [-0.05, 0) is 43.0 Å². The summed E-state index contributed by atoms with van der Waals surface area (Å²) >= 11 is 0. The maximum absolute atomic E-state index is 5.96. The molecule has 0 spiro atoms. The lowest BCUT2D eigenvalue weighted by molar-refractivity contribution is 0.141. The molecule has 0 saturated carbocycles. The van der Waals surface area contributed by atoms with Crippen molar-refractivity contribution in [2.45, 2.75) is 31.3 Å². The summed E-state index contributed by atoms with van der Waals surface area (Å²) in [6, 6.07) is 8.58. The minimum Gasteiger partial charge on any atom is -0.488 e. The maximum atomic E-state index is 5.96. The van der Waals surface area contributed by atoms with Crippen molar-refractivity contribution in [1.29, 1.82) is 0 Å². The predicted octanol–water partition coefficient (Wildman–Crippen LogP) is 2.32. The number of hydrogen-bond acceptors (Lipinski definition) is 3. The smallest absolute Gasteiger partial charge is 0.124 e. The minimum absolute atomic E-state index is 0.240. The quantitative estimate of drug-likeness (QED) is 0.889. The fourth-order valence-electron chi connectivity index (χ4n) is 2.78. The van der Waals surface area contributed by atoms with Gasteiger partial charge in [0.15, 0.2) is 0 Å². The summed E-state index contributed by atoms with van der Waals surface area (Å²) in [5, 5.41) is 3.47. The third kappa shape index (κ3) is 2.85. The summed E-state index contributed by atoms with van der Waals surface area (Å²) in [6.45, 7) is 3.81. The Morgan fingerprint density at radius 2 is 2.28 bits per heavy atom. The molecule has 2 saturated heterocycles. The number of nitrogens with one attached hydrogen (secondary N) is 1. The Labute approximate surface area is 108 Å². The lowest BCUT2D eigenvalue weighted by Crippen LogP contribution is -2.28. The molecule has 1 aromatic rings. The zero-order valence-corrected chi connectivity index (χ0v) is 10.7. The van der Waals surface area contributed by atoms with Crippen LogP contribution in [-0.2, 0) is 4.74 Å². The van der Waals surface area contributed by atoms with Crippen molar-refractivity contribution in [3.05, 3.63) is 29.8 Å². The van der Waals surface area contributed by atoms with Crippen LogP contribution < -0.4 is 10.1 Å². The van der Waals surface area contributed by atoms with Crippen molar-refractivity contribution < 1.29 is 9.47 Å². The van der Waals surface area contributed by atoms with Crippen molar-refractivity contribution in [1.82, 2.24) is 5.32 Å². The van der Waals surface area contributed by atoms with E-state index in [4.69, 9.17) is 9.47 Å². The van der Waals surface area contributed by atoms with Gasteiger partial charge in [0.2, 0.25) is 0 Å². The Bertz CT molecular complexity index is 382. The molecule has 2 aliphatic heterocycles. The summed E-state index contributed by atoms with van der Waals surface area (Å²) < 4.78 is 11.3. The highest BCUT2D eigenvalue weighted by Crippen LogP contribution is 2.27. The van der Waals surface area contributed by atoms with E-state index < -0.39 is 0 Å². The summed E-state index contributed by atoms with van der Waals surface area (Å²) in [7, 11) is 0. The number of hydrogen-bond donors (Lipinski definition) is 1. The lowest BCUT2D eigenvalue weighted by atomic mass is 9.92. The van der Waals surface area contributed by atoms with E-state index in [9.17, 15) is 0 Å². The Morgan fingerprint density at radius 1 is 1.28 bits per heavy atom. The molecule has 98 valence electrons. The van der Waals surface area contributed by atoms with Gasteiger partial charge in [-0.1, -0.05) is 12.1 Å². The van der Waals surface area contributed by atoms with Gasteiger partial charge >= 0.3 is 0 Å². The summed E-state index contributed by atoms with van der Waals surface area (Å²) in [4.78, 5) is 0. The van der Waals surface area contributed by atoms with Crippen molar-refractivity contribution >= 4 is 0 Å². The van der Waals surface area contributed by atoms with Crippen LogP contribution in [0.25, 0.3) is 0 Å². The number of ether oxygens (including phenoxy) is 2. The van der Waals surface area contributed by atoms with Crippen LogP contribution in [0.1, 0.15) is 30.7 Å². The van der Waals surface area contributed by atoms with E-state index in [2.05, 4.69) is 29.6 Å². The van der Waals surface area contributed by atoms with Crippen molar-refractivity contribution in [2.24, 2.45) is 0 Å². The lowest BCUT2D eigenvalue weighted by Gasteiger charge is -2.23. The van der Waals surface area contributed by atoms with E-state index in [1.54, 1.807) is 0 Å². The molecule has 0 bridgehead atoms. The molecule has 18 heavy (non-hydrogen) atoms. The van der Waals surface area contributed by atoms with Gasteiger partial charge in [0, 0.05) is 13.0 Å². The monoisotopic (exact) mass is 247 g/mol. The van der Waals surface area contributed by atoms with E-state index >= 15 is 0 Å². The first-order chi connectivity index (χ1) is 8.92. The molecule has 0 aromatic heterocycles. The molecule has 3 nitrogen and oxygen atoms in total. The van der Waals surface area contributed by atoms with Crippen LogP contribution in [0.2, 0.25) is 0 Å². The minimum atomic E-state index is 0.240. The molecule has 2 aliphatic rings. The second-order valence-corrected chi connectivity index (χ2v) is 5.22. The first-order valence-electron chi connectivity index (χ1n) is 6.97. The van der Waals surface area contributed by atoms with E-state index in [1.165, 1.54) is 18.4 Å². The molecule has 0 radical (unpaired) electrons. The van der Waals surface area contributed by atoms with Crippen LogP contribution in [0, 0.1) is 0 Å². The van der Waals surface area contributed by atoms with E-state index in [1.807, 2.05) is 0 Å². The molecule has 0 aliphatic carbocycles. The van der Waals surface area contributed by atoms with Gasteiger partial charge in [0.05, 0.1) is 13.2 Å². The average molecular weight is 247 g/mol. The molecule has 1 N–H and O–H groups in total. The van der Waals surface area contributed by atoms with E-state index in [0.717, 1.165) is 38.5 Å². The SMILES string of the molecule is c1cc(OC2CCOC2)cc(C2CCCNC2)c1. The molecule has 2 fully saturated rings. The number of piperidine rings is 1. The molecule has 0 amide bonds. The second-order valence-electron chi connectivity index (χ2n) is 5.22. The molecule has 2 unspecified atom stereocenters. The van der Waals surface area contributed by atoms with Gasteiger partial charge in [0.1, 0.15) is 11.9 Å². The molecule has 2 atom stereocenters.